The van der Waals surface area contributed by atoms with Gasteiger partial charge in [0.1, 0.15) is 0 Å². The topological polar surface area (TPSA) is 41.9 Å². The molecule has 1 aromatic carbocycles. The minimum absolute atomic E-state index is 0.0180. The van der Waals surface area contributed by atoms with E-state index in [1.54, 1.807) is 0 Å². The Morgan fingerprint density at radius 3 is 2.71 bits per heavy atom. The lowest BCUT2D eigenvalue weighted by atomic mass is 10.0. The van der Waals surface area contributed by atoms with E-state index in [1.165, 1.54) is 12.8 Å². The molecule has 0 radical (unpaired) electrons. The van der Waals surface area contributed by atoms with Crippen LogP contribution in [0.2, 0.25) is 0 Å². The van der Waals surface area contributed by atoms with Crippen LogP contribution >= 0.6 is 0 Å². The maximum absolute atomic E-state index is 12.3. The molecule has 0 N–H and O–H groups in total. The molecule has 0 spiro atoms. The van der Waals surface area contributed by atoms with Gasteiger partial charge in [-0.3, -0.25) is 4.79 Å². The summed E-state index contributed by atoms with van der Waals surface area (Å²) in [5, 5.41) is 4.18. The van der Waals surface area contributed by atoms with Gasteiger partial charge in [0.05, 0.1) is 12.3 Å². The highest BCUT2D eigenvalue weighted by atomic mass is 16.6. The van der Waals surface area contributed by atoms with Crippen LogP contribution in [0, 0.1) is 5.92 Å². The van der Waals surface area contributed by atoms with Gasteiger partial charge in [-0.15, -0.1) is 0 Å². The van der Waals surface area contributed by atoms with Crippen LogP contribution in [0.1, 0.15) is 37.7 Å². The highest BCUT2D eigenvalue weighted by molar-refractivity contribution is 6.01. The van der Waals surface area contributed by atoms with E-state index in [-0.39, 0.29) is 17.9 Å². The van der Waals surface area contributed by atoms with Crippen LogP contribution in [0.3, 0.4) is 0 Å². The minimum atomic E-state index is -0.0180. The number of benzene rings is 1. The molecule has 1 amide bonds. The number of hydrogen-bond acceptors (Lipinski definition) is 3. The molecule has 1 fully saturated rings. The second-order valence-corrected chi connectivity index (χ2v) is 6.04. The van der Waals surface area contributed by atoms with Gasteiger partial charge in [-0.1, -0.05) is 48.3 Å². The van der Waals surface area contributed by atoms with Gasteiger partial charge in [0, 0.05) is 19.4 Å². The summed E-state index contributed by atoms with van der Waals surface area (Å²) < 4.78 is 0. The van der Waals surface area contributed by atoms with Gasteiger partial charge in [-0.25, -0.2) is 0 Å². The lowest BCUT2D eigenvalue weighted by molar-refractivity contribution is -0.135. The third-order valence-electron chi connectivity index (χ3n) is 4.40. The number of carbonyl (C=O) groups excluding carboxylic acids is 1. The van der Waals surface area contributed by atoms with Crippen molar-refractivity contribution >= 4 is 11.6 Å². The van der Waals surface area contributed by atoms with Crippen molar-refractivity contribution in [1.82, 2.24) is 4.90 Å². The molecule has 0 saturated heterocycles. The fourth-order valence-electron chi connectivity index (χ4n) is 3.21. The fourth-order valence-corrected chi connectivity index (χ4v) is 3.21. The maximum Gasteiger partial charge on any atom is 0.225 e. The number of amides is 1. The van der Waals surface area contributed by atoms with Gasteiger partial charge in [-0.2, -0.15) is 0 Å². The predicted octanol–water partition coefficient (Wildman–Crippen LogP) is 2.83. The average molecular weight is 286 g/mol. The molecule has 4 nitrogen and oxygen atoms in total. The second kappa shape index (κ2) is 6.29. The highest BCUT2D eigenvalue weighted by Gasteiger charge is 2.29. The minimum Gasteiger partial charge on any atom is -0.390 e. The first-order valence-electron chi connectivity index (χ1n) is 7.77. The number of hydrogen-bond donors (Lipinski definition) is 0. The Kier molecular flexibility index (Phi) is 4.23. The number of carbonyl (C=O) groups is 1. The number of likely N-dealkylation sites (N-methyl/N-ethyl adjacent to an activating group) is 1. The molecule has 112 valence electrons. The zero-order valence-corrected chi connectivity index (χ0v) is 12.5. The first kappa shape index (κ1) is 14.1. The quantitative estimate of drug-likeness (QED) is 0.854. The average Bonchev–Trinajstić information content (AvgIpc) is 3.19. The summed E-state index contributed by atoms with van der Waals surface area (Å²) in [5.74, 6) is 0.496. The van der Waals surface area contributed by atoms with E-state index in [2.05, 4.69) is 5.16 Å². The molecule has 1 aliphatic carbocycles. The highest BCUT2D eigenvalue weighted by Crippen LogP contribution is 2.26. The Morgan fingerprint density at radius 1 is 1.29 bits per heavy atom. The molecule has 1 aromatic rings. The van der Waals surface area contributed by atoms with E-state index in [4.69, 9.17) is 4.84 Å². The summed E-state index contributed by atoms with van der Waals surface area (Å²) in [5.41, 5.74) is 2.08. The number of rotatable bonds is 4. The monoisotopic (exact) mass is 286 g/mol. The van der Waals surface area contributed by atoms with Crippen molar-refractivity contribution in [2.45, 2.75) is 38.2 Å². The van der Waals surface area contributed by atoms with E-state index in [0.717, 1.165) is 30.5 Å². The van der Waals surface area contributed by atoms with Crippen LogP contribution in [-0.2, 0) is 9.63 Å². The van der Waals surface area contributed by atoms with E-state index in [1.807, 2.05) is 42.3 Å². The van der Waals surface area contributed by atoms with E-state index >= 15 is 0 Å². The van der Waals surface area contributed by atoms with Gasteiger partial charge in [0.15, 0.2) is 6.10 Å². The zero-order chi connectivity index (χ0) is 14.7. The van der Waals surface area contributed by atoms with Crippen LogP contribution in [0.25, 0.3) is 0 Å². The van der Waals surface area contributed by atoms with Crippen LogP contribution in [-0.4, -0.2) is 36.2 Å². The molecule has 0 aromatic heterocycles. The van der Waals surface area contributed by atoms with Crippen LogP contribution in [0.15, 0.2) is 35.5 Å². The lowest BCUT2D eigenvalue weighted by Gasteiger charge is -2.23. The summed E-state index contributed by atoms with van der Waals surface area (Å²) in [6.45, 7) is 0.620. The third kappa shape index (κ3) is 3.26. The van der Waals surface area contributed by atoms with Crippen molar-refractivity contribution in [3.8, 4) is 0 Å². The molecule has 1 atom stereocenters. The van der Waals surface area contributed by atoms with E-state index < -0.39 is 0 Å². The first-order chi connectivity index (χ1) is 10.2. The van der Waals surface area contributed by atoms with Crippen molar-refractivity contribution in [3.63, 3.8) is 0 Å². The Labute approximate surface area is 125 Å². The third-order valence-corrected chi connectivity index (χ3v) is 4.40. The number of oxime groups is 1. The Bertz CT molecular complexity index is 521. The van der Waals surface area contributed by atoms with Gasteiger partial charge < -0.3 is 9.74 Å². The Balaban J connectivity index is 1.52. The van der Waals surface area contributed by atoms with Crippen LogP contribution < -0.4 is 0 Å². The Morgan fingerprint density at radius 2 is 2.00 bits per heavy atom. The lowest BCUT2D eigenvalue weighted by Crippen LogP contribution is -2.37. The molecule has 1 heterocycles. The summed E-state index contributed by atoms with van der Waals surface area (Å²) in [7, 11) is 1.88. The molecule has 0 bridgehead atoms. The maximum atomic E-state index is 12.3. The number of nitrogens with zero attached hydrogens (tertiary/aromatic N) is 2. The molecular weight excluding hydrogens is 264 g/mol. The molecule has 3 rings (SSSR count). The SMILES string of the molecule is CN(CC1CC(c2ccccc2)=NO1)C(=O)C1CCCC1. The van der Waals surface area contributed by atoms with Gasteiger partial charge in [0.25, 0.3) is 0 Å². The molecule has 1 aliphatic heterocycles. The molecule has 21 heavy (non-hydrogen) atoms. The van der Waals surface area contributed by atoms with Gasteiger partial charge >= 0.3 is 0 Å². The molecule has 1 saturated carbocycles. The standard InChI is InChI=1S/C17H22N2O2/c1-19(17(20)14-9-5-6-10-14)12-15-11-16(18-21-15)13-7-3-2-4-8-13/h2-4,7-8,14-15H,5-6,9-12H2,1H3. The predicted molar refractivity (Wildman–Crippen MR) is 82.1 cm³/mol. The fraction of sp³-hybridized carbons (Fsp3) is 0.529. The van der Waals surface area contributed by atoms with Crippen molar-refractivity contribution in [1.29, 1.82) is 0 Å². The van der Waals surface area contributed by atoms with Gasteiger partial charge in [-0.05, 0) is 18.4 Å². The molecule has 2 aliphatic rings. The van der Waals surface area contributed by atoms with Gasteiger partial charge in [0.2, 0.25) is 5.91 Å². The Hall–Kier alpha value is -1.84. The zero-order valence-electron chi connectivity index (χ0n) is 12.5. The van der Waals surface area contributed by atoms with Crippen molar-refractivity contribution in [2.75, 3.05) is 13.6 Å². The van der Waals surface area contributed by atoms with E-state index in [9.17, 15) is 4.79 Å². The smallest absolute Gasteiger partial charge is 0.225 e. The molecule has 4 heteroatoms. The van der Waals surface area contributed by atoms with Crippen LogP contribution in [0.4, 0.5) is 0 Å². The second-order valence-electron chi connectivity index (χ2n) is 6.04. The summed E-state index contributed by atoms with van der Waals surface area (Å²) >= 11 is 0. The largest absolute Gasteiger partial charge is 0.390 e. The molecule has 1 unspecified atom stereocenters. The first-order valence-corrected chi connectivity index (χ1v) is 7.77. The van der Waals surface area contributed by atoms with Crippen molar-refractivity contribution in [2.24, 2.45) is 11.1 Å². The van der Waals surface area contributed by atoms with Crippen LogP contribution in [0.5, 0.6) is 0 Å². The van der Waals surface area contributed by atoms with Crippen molar-refractivity contribution < 1.29 is 9.63 Å². The normalized spacial score (nSPS) is 22.0. The van der Waals surface area contributed by atoms with E-state index in [0.29, 0.717) is 6.54 Å². The summed E-state index contributed by atoms with van der Waals surface area (Å²) in [6, 6.07) is 10.1. The van der Waals surface area contributed by atoms with Crippen molar-refractivity contribution in [3.05, 3.63) is 35.9 Å². The summed E-state index contributed by atoms with van der Waals surface area (Å²) in [6.07, 6.45) is 5.21. The molecular formula is C17H22N2O2. The summed E-state index contributed by atoms with van der Waals surface area (Å²) in [4.78, 5) is 19.6.